The Morgan fingerprint density at radius 1 is 1.08 bits per heavy atom. The minimum Gasteiger partial charge on any atom is -0.480 e. The van der Waals surface area contributed by atoms with Crippen LogP contribution in [-0.2, 0) is 25.7 Å². The molecule has 1 aromatic rings. The average Bonchev–Trinajstić information content (AvgIpc) is 2.56. The first kappa shape index (κ1) is 18.9. The lowest BCUT2D eigenvalue weighted by Crippen LogP contribution is -2.43. The third-order valence-corrected chi connectivity index (χ3v) is 2.84. The number of aliphatic carboxylic acids is 1. The van der Waals surface area contributed by atoms with Crippen molar-refractivity contribution in [2.24, 2.45) is 0 Å². The molecule has 0 aliphatic heterocycles. The Morgan fingerprint density at radius 2 is 1.75 bits per heavy atom. The zero-order valence-corrected chi connectivity index (χ0v) is 13.2. The molecule has 0 fully saturated rings. The van der Waals surface area contributed by atoms with Gasteiger partial charge in [0.2, 0.25) is 11.8 Å². The minimum absolute atomic E-state index is 0.0762. The molecule has 9 heteroatoms. The molecule has 0 aliphatic rings. The van der Waals surface area contributed by atoms with Crippen molar-refractivity contribution in [2.75, 3.05) is 26.7 Å². The zero-order chi connectivity index (χ0) is 17.9. The molecule has 3 N–H and O–H groups in total. The normalized spacial score (nSPS) is 9.71. The van der Waals surface area contributed by atoms with Crippen LogP contribution in [0.4, 0.5) is 4.79 Å². The first-order valence-corrected chi connectivity index (χ1v) is 7.05. The fourth-order valence-corrected chi connectivity index (χ4v) is 1.59. The Bertz CT molecular complexity index is 590. The summed E-state index contributed by atoms with van der Waals surface area (Å²) in [7, 11) is 1.31. The number of nitrogens with zero attached hydrogens (tertiary/aromatic N) is 1. The molecular formula is C15H19N3O6. The van der Waals surface area contributed by atoms with Gasteiger partial charge in [-0.2, -0.15) is 0 Å². The number of amides is 3. The summed E-state index contributed by atoms with van der Waals surface area (Å²) in [6.45, 7) is -1.10. The van der Waals surface area contributed by atoms with Crippen LogP contribution >= 0.6 is 0 Å². The maximum Gasteiger partial charge on any atom is 0.407 e. The molecule has 0 aromatic heterocycles. The van der Waals surface area contributed by atoms with Gasteiger partial charge in [0.15, 0.2) is 0 Å². The number of rotatable bonds is 8. The van der Waals surface area contributed by atoms with Gasteiger partial charge in [-0.15, -0.1) is 0 Å². The Balaban J connectivity index is 2.20. The number of likely N-dealkylation sites (N-methyl/N-ethyl adjacent to an activating group) is 1. The molecule has 0 heterocycles. The number of hydrogen-bond acceptors (Lipinski definition) is 5. The SMILES string of the molecule is CN(CC(=O)O)C(=O)CNC(=O)CNC(=O)OCc1ccccc1. The van der Waals surface area contributed by atoms with E-state index in [0.717, 1.165) is 10.5 Å². The van der Waals surface area contributed by atoms with Gasteiger partial charge < -0.3 is 25.4 Å². The summed E-state index contributed by atoms with van der Waals surface area (Å²) in [4.78, 5) is 45.9. The monoisotopic (exact) mass is 337 g/mol. The second-order valence-corrected chi connectivity index (χ2v) is 4.84. The molecule has 0 radical (unpaired) electrons. The molecule has 0 atom stereocenters. The molecule has 0 bridgehead atoms. The summed E-state index contributed by atoms with van der Waals surface area (Å²) in [5.74, 6) is -2.30. The Kier molecular flexibility index (Phi) is 7.76. The number of carbonyl (C=O) groups is 4. The van der Waals surface area contributed by atoms with E-state index in [4.69, 9.17) is 9.84 Å². The van der Waals surface area contributed by atoms with E-state index in [1.165, 1.54) is 7.05 Å². The van der Waals surface area contributed by atoms with Crippen LogP contribution in [0.1, 0.15) is 5.56 Å². The first-order chi connectivity index (χ1) is 11.4. The van der Waals surface area contributed by atoms with E-state index < -0.39 is 30.4 Å². The van der Waals surface area contributed by atoms with Crippen LogP contribution in [0.15, 0.2) is 30.3 Å². The van der Waals surface area contributed by atoms with Gasteiger partial charge in [-0.05, 0) is 5.56 Å². The summed E-state index contributed by atoms with van der Waals surface area (Å²) in [5.41, 5.74) is 0.809. The second kappa shape index (κ2) is 9.82. The molecule has 0 spiro atoms. The summed E-state index contributed by atoms with van der Waals surface area (Å²) >= 11 is 0. The minimum atomic E-state index is -1.15. The number of nitrogens with one attached hydrogen (secondary N) is 2. The van der Waals surface area contributed by atoms with Crippen molar-refractivity contribution in [1.29, 1.82) is 0 Å². The van der Waals surface area contributed by atoms with Crippen molar-refractivity contribution in [1.82, 2.24) is 15.5 Å². The molecule has 9 nitrogen and oxygen atoms in total. The van der Waals surface area contributed by atoms with Gasteiger partial charge in [-0.1, -0.05) is 30.3 Å². The van der Waals surface area contributed by atoms with Crippen molar-refractivity contribution < 1.29 is 29.0 Å². The molecule has 1 rings (SSSR count). The molecule has 0 aliphatic carbocycles. The van der Waals surface area contributed by atoms with Gasteiger partial charge in [0.05, 0.1) is 6.54 Å². The van der Waals surface area contributed by atoms with Crippen molar-refractivity contribution in [2.45, 2.75) is 6.61 Å². The van der Waals surface area contributed by atoms with Crippen LogP contribution in [0.5, 0.6) is 0 Å². The van der Waals surface area contributed by atoms with Crippen LogP contribution < -0.4 is 10.6 Å². The lowest BCUT2D eigenvalue weighted by Gasteiger charge is -2.14. The summed E-state index contributed by atoms with van der Waals surface area (Å²) < 4.78 is 4.92. The van der Waals surface area contributed by atoms with Gasteiger partial charge in [0.25, 0.3) is 0 Å². The predicted molar refractivity (Wildman–Crippen MR) is 82.9 cm³/mol. The van der Waals surface area contributed by atoms with Crippen LogP contribution in [-0.4, -0.2) is 60.6 Å². The number of benzene rings is 1. The maximum absolute atomic E-state index is 11.5. The molecule has 0 saturated heterocycles. The van der Waals surface area contributed by atoms with Gasteiger partial charge in [0.1, 0.15) is 19.7 Å². The molecule has 130 valence electrons. The highest BCUT2D eigenvalue weighted by Crippen LogP contribution is 2.00. The largest absolute Gasteiger partial charge is 0.480 e. The van der Waals surface area contributed by atoms with E-state index in [2.05, 4.69) is 10.6 Å². The second-order valence-electron chi connectivity index (χ2n) is 4.84. The summed E-state index contributed by atoms with van der Waals surface area (Å²) in [6, 6.07) is 9.03. The van der Waals surface area contributed by atoms with Crippen LogP contribution in [0.2, 0.25) is 0 Å². The van der Waals surface area contributed by atoms with E-state index in [9.17, 15) is 19.2 Å². The van der Waals surface area contributed by atoms with E-state index in [1.54, 1.807) is 12.1 Å². The topological polar surface area (TPSA) is 125 Å². The summed E-state index contributed by atoms with van der Waals surface area (Å²) in [5, 5.41) is 13.1. The number of ether oxygens (including phenoxy) is 1. The number of hydrogen-bond donors (Lipinski definition) is 3. The highest BCUT2D eigenvalue weighted by molar-refractivity contribution is 5.88. The van der Waals surface area contributed by atoms with Crippen molar-refractivity contribution >= 4 is 23.9 Å². The van der Waals surface area contributed by atoms with Crippen molar-refractivity contribution in [3.05, 3.63) is 35.9 Å². The quantitative estimate of drug-likeness (QED) is 0.591. The van der Waals surface area contributed by atoms with Gasteiger partial charge in [-0.25, -0.2) is 4.79 Å². The molecule has 0 unspecified atom stereocenters. The zero-order valence-electron chi connectivity index (χ0n) is 13.2. The molecule has 3 amide bonds. The first-order valence-electron chi connectivity index (χ1n) is 7.05. The third-order valence-electron chi connectivity index (χ3n) is 2.84. The number of carbonyl (C=O) groups excluding carboxylic acids is 3. The molecule has 1 aromatic carbocycles. The fraction of sp³-hybridized carbons (Fsp3) is 0.333. The van der Waals surface area contributed by atoms with Gasteiger partial charge >= 0.3 is 12.1 Å². The van der Waals surface area contributed by atoms with Crippen molar-refractivity contribution in [3.8, 4) is 0 Å². The predicted octanol–water partition coefficient (Wildman–Crippen LogP) is -0.428. The Morgan fingerprint density at radius 3 is 2.38 bits per heavy atom. The number of carboxylic acids is 1. The fourth-order valence-electron chi connectivity index (χ4n) is 1.59. The van der Waals surface area contributed by atoms with Gasteiger partial charge in [-0.3, -0.25) is 14.4 Å². The van der Waals surface area contributed by atoms with E-state index in [0.29, 0.717) is 0 Å². The molecule has 0 saturated carbocycles. The highest BCUT2D eigenvalue weighted by Gasteiger charge is 2.13. The summed E-state index contributed by atoms with van der Waals surface area (Å²) in [6.07, 6.45) is -0.761. The van der Waals surface area contributed by atoms with Crippen LogP contribution in [0, 0.1) is 0 Å². The van der Waals surface area contributed by atoms with E-state index >= 15 is 0 Å². The van der Waals surface area contributed by atoms with Crippen LogP contribution in [0.25, 0.3) is 0 Å². The average molecular weight is 337 g/mol. The smallest absolute Gasteiger partial charge is 0.407 e. The molecular weight excluding hydrogens is 318 g/mol. The van der Waals surface area contributed by atoms with Crippen LogP contribution in [0.3, 0.4) is 0 Å². The van der Waals surface area contributed by atoms with E-state index in [-0.39, 0.29) is 19.7 Å². The molecule has 24 heavy (non-hydrogen) atoms. The third kappa shape index (κ3) is 7.78. The number of carboxylic acid groups (broad SMARTS) is 1. The van der Waals surface area contributed by atoms with Gasteiger partial charge in [0, 0.05) is 7.05 Å². The number of alkyl carbamates (subject to hydrolysis) is 1. The van der Waals surface area contributed by atoms with Crippen molar-refractivity contribution in [3.63, 3.8) is 0 Å². The highest BCUT2D eigenvalue weighted by atomic mass is 16.5. The standard InChI is InChI=1S/C15H19N3O6/c1-18(9-14(21)22)13(20)8-16-12(19)7-17-15(23)24-10-11-5-3-2-4-6-11/h2-6H,7-10H2,1H3,(H,16,19)(H,17,23)(H,21,22). The lowest BCUT2D eigenvalue weighted by atomic mass is 10.2. The van der Waals surface area contributed by atoms with E-state index in [1.807, 2.05) is 18.2 Å². The maximum atomic E-state index is 11.5. The Labute approximate surface area is 138 Å². The Hall–Kier alpha value is -3.10. The lowest BCUT2D eigenvalue weighted by molar-refractivity contribution is -0.143.